The van der Waals surface area contributed by atoms with Crippen LogP contribution in [0.15, 0.2) is 48.5 Å². The number of amides is 1. The van der Waals surface area contributed by atoms with Crippen LogP contribution in [-0.2, 0) is 32.1 Å². The number of phenols is 1. The van der Waals surface area contributed by atoms with Crippen molar-refractivity contribution in [1.29, 1.82) is 5.26 Å². The third kappa shape index (κ3) is 5.05. The molecule has 2 saturated carbocycles. The standard InChI is InChI=1S/C39H44N6O6/c1-5-15-45(16-6-2)18-21-11-12-24(23-10-8-7-9-22(21)23)25-13-14-27(46)28-26(25)17-37(42)19-39(43)33(44(3)4)32(48)29(36(41)51)34(49)38(39,20-40)35(50)30(37)31(28)47/h7-14,29-30,33,46H,5-6,15-19,42-43H2,1-4H3,(H2,41,51)/t29?,30?,33-,37-,38+,39-/m1/s1. The number of phenolic OH excluding ortho intramolecular Hbond substituents is 1. The molecular formula is C39H44N6O6. The number of ketones is 4. The number of primary amides is 1. The topological polar surface area (TPSA) is 214 Å². The molecule has 12 nitrogen and oxygen atoms in total. The van der Waals surface area contributed by atoms with Crippen LogP contribution in [0, 0.1) is 28.6 Å². The number of carbonyl (C=O) groups is 5. The van der Waals surface area contributed by atoms with E-state index in [1.165, 1.54) is 25.1 Å². The second kappa shape index (κ2) is 12.8. The van der Waals surface area contributed by atoms with Crippen molar-refractivity contribution < 1.29 is 29.1 Å². The first-order valence-electron chi connectivity index (χ1n) is 17.3. The summed E-state index contributed by atoms with van der Waals surface area (Å²) in [6, 6.07) is 15.4. The molecule has 266 valence electrons. The average molecular weight is 693 g/mol. The van der Waals surface area contributed by atoms with Gasteiger partial charge in [0.2, 0.25) is 5.91 Å². The Morgan fingerprint density at radius 1 is 0.941 bits per heavy atom. The van der Waals surface area contributed by atoms with Crippen LogP contribution < -0.4 is 17.2 Å². The van der Waals surface area contributed by atoms with E-state index < -0.39 is 69.8 Å². The maximum absolute atomic E-state index is 14.7. The number of aromatic hydroxyl groups is 1. The lowest BCUT2D eigenvalue weighted by Crippen LogP contribution is -2.85. The molecule has 12 heteroatoms. The fourth-order valence-corrected chi connectivity index (χ4v) is 9.34. The van der Waals surface area contributed by atoms with Gasteiger partial charge in [-0.05, 0) is 92.0 Å². The van der Waals surface area contributed by atoms with Gasteiger partial charge in [0.25, 0.3) is 0 Å². The highest BCUT2D eigenvalue weighted by molar-refractivity contribution is 6.33. The molecule has 2 fully saturated rings. The molecule has 3 aromatic rings. The van der Waals surface area contributed by atoms with Gasteiger partial charge >= 0.3 is 0 Å². The Labute approximate surface area is 296 Å². The van der Waals surface area contributed by atoms with Crippen molar-refractivity contribution in [3.8, 4) is 22.9 Å². The summed E-state index contributed by atoms with van der Waals surface area (Å²) in [5.74, 6) is -9.96. The fraction of sp³-hybridized carbons (Fsp3) is 0.436. The molecule has 6 rings (SSSR count). The number of benzene rings is 3. The van der Waals surface area contributed by atoms with Gasteiger partial charge in [-0.1, -0.05) is 56.3 Å². The van der Waals surface area contributed by atoms with Crippen LogP contribution in [0.3, 0.4) is 0 Å². The van der Waals surface area contributed by atoms with Crippen molar-refractivity contribution in [1.82, 2.24) is 9.80 Å². The van der Waals surface area contributed by atoms with E-state index in [1.807, 2.05) is 24.3 Å². The van der Waals surface area contributed by atoms with Gasteiger partial charge in [-0.15, -0.1) is 0 Å². The first-order valence-corrected chi connectivity index (χ1v) is 17.3. The number of hydrogen-bond acceptors (Lipinski definition) is 11. The smallest absolute Gasteiger partial charge is 0.235 e. The Bertz CT molecular complexity index is 2050. The Morgan fingerprint density at radius 2 is 1.57 bits per heavy atom. The summed E-state index contributed by atoms with van der Waals surface area (Å²) in [6.45, 7) is 6.98. The van der Waals surface area contributed by atoms with Crippen LogP contribution in [0.4, 0.5) is 0 Å². The SMILES string of the molecule is CCCN(CCC)Cc1ccc(-c2ccc(O)c3c2C[C@@]2(N)C[C@@]4(N)[C@H](N(C)C)C(=O)C(C(N)=O)C(=O)[C@@]4(C#N)C(=O)C2C3=O)c2ccccc12. The van der Waals surface area contributed by atoms with Crippen LogP contribution in [-0.4, -0.2) is 88.3 Å². The minimum Gasteiger partial charge on any atom is -0.507 e. The highest BCUT2D eigenvalue weighted by Gasteiger charge is 2.78. The van der Waals surface area contributed by atoms with Crippen LogP contribution in [0.1, 0.15) is 54.6 Å². The zero-order valence-corrected chi connectivity index (χ0v) is 29.4. The second-order valence-corrected chi connectivity index (χ2v) is 14.7. The van der Waals surface area contributed by atoms with Gasteiger partial charge in [0.15, 0.2) is 34.5 Å². The first kappa shape index (κ1) is 36.0. The number of nitriles is 1. The summed E-state index contributed by atoms with van der Waals surface area (Å²) in [5, 5.41) is 23.8. The Kier molecular flexibility index (Phi) is 9.01. The summed E-state index contributed by atoms with van der Waals surface area (Å²) in [6.07, 6.45) is 1.43. The molecule has 2 unspecified atom stereocenters. The highest BCUT2D eigenvalue weighted by atomic mass is 16.3. The van der Waals surface area contributed by atoms with Crippen LogP contribution in [0.5, 0.6) is 5.75 Å². The lowest BCUT2D eigenvalue weighted by Gasteiger charge is -2.60. The van der Waals surface area contributed by atoms with E-state index in [1.54, 1.807) is 12.1 Å². The monoisotopic (exact) mass is 692 g/mol. The third-order valence-corrected chi connectivity index (χ3v) is 11.3. The van der Waals surface area contributed by atoms with Crippen molar-refractivity contribution >= 4 is 39.8 Å². The second-order valence-electron chi connectivity index (χ2n) is 14.7. The molecule has 7 N–H and O–H groups in total. The van der Waals surface area contributed by atoms with Crippen molar-refractivity contribution in [3.05, 3.63) is 65.2 Å². The van der Waals surface area contributed by atoms with E-state index in [9.17, 15) is 34.3 Å². The van der Waals surface area contributed by atoms with E-state index in [0.717, 1.165) is 54.4 Å². The van der Waals surface area contributed by atoms with Crippen molar-refractivity contribution in [2.45, 2.75) is 63.2 Å². The maximum atomic E-state index is 14.7. The van der Waals surface area contributed by atoms with E-state index in [0.29, 0.717) is 11.1 Å². The predicted molar refractivity (Wildman–Crippen MR) is 190 cm³/mol. The number of nitrogens with zero attached hydrogens (tertiary/aromatic N) is 3. The zero-order valence-electron chi connectivity index (χ0n) is 29.4. The summed E-state index contributed by atoms with van der Waals surface area (Å²) in [7, 11) is 2.95. The predicted octanol–water partition coefficient (Wildman–Crippen LogP) is 2.25. The van der Waals surface area contributed by atoms with Crippen molar-refractivity contribution in [2.24, 2.45) is 34.5 Å². The normalized spacial score (nSPS) is 28.8. The van der Waals surface area contributed by atoms with Crippen LogP contribution in [0.2, 0.25) is 0 Å². The minimum atomic E-state index is -2.79. The lowest BCUT2D eigenvalue weighted by molar-refractivity contribution is -0.166. The van der Waals surface area contributed by atoms with Crippen molar-refractivity contribution in [3.63, 3.8) is 0 Å². The number of Topliss-reactive ketones (excluding diaryl/α,β-unsaturated/α-hetero) is 4. The lowest BCUT2D eigenvalue weighted by atomic mass is 9.42. The van der Waals surface area contributed by atoms with Gasteiger partial charge in [-0.25, -0.2) is 0 Å². The zero-order chi connectivity index (χ0) is 37.2. The van der Waals surface area contributed by atoms with Gasteiger partial charge in [-0.2, -0.15) is 5.26 Å². The summed E-state index contributed by atoms with van der Waals surface area (Å²) in [5.41, 5.74) is 15.6. The van der Waals surface area contributed by atoms with E-state index in [2.05, 4.69) is 30.9 Å². The Morgan fingerprint density at radius 3 is 2.16 bits per heavy atom. The molecule has 3 aromatic carbocycles. The largest absolute Gasteiger partial charge is 0.507 e. The van der Waals surface area contributed by atoms with Gasteiger partial charge in [0.05, 0.1) is 23.2 Å². The molecule has 3 aliphatic carbocycles. The van der Waals surface area contributed by atoms with E-state index in [-0.39, 0.29) is 17.7 Å². The molecule has 0 radical (unpaired) electrons. The number of nitrogens with two attached hydrogens (primary N) is 3. The van der Waals surface area contributed by atoms with Gasteiger partial charge < -0.3 is 22.3 Å². The van der Waals surface area contributed by atoms with E-state index >= 15 is 0 Å². The third-order valence-electron chi connectivity index (χ3n) is 11.3. The number of fused-ring (bicyclic) bond motifs is 4. The van der Waals surface area contributed by atoms with Gasteiger partial charge in [-0.3, -0.25) is 33.8 Å². The minimum absolute atomic E-state index is 0.135. The fourth-order valence-electron chi connectivity index (χ4n) is 9.34. The number of likely N-dealkylation sites (N-methyl/N-ethyl adjacent to an activating group) is 1. The Hall–Kier alpha value is -4.80. The van der Waals surface area contributed by atoms with Crippen LogP contribution >= 0.6 is 0 Å². The molecule has 0 aromatic heterocycles. The average Bonchev–Trinajstić information content (AvgIpc) is 3.04. The number of hydrogen-bond donors (Lipinski definition) is 4. The first-order chi connectivity index (χ1) is 24.1. The summed E-state index contributed by atoms with van der Waals surface area (Å²) >= 11 is 0. The summed E-state index contributed by atoms with van der Waals surface area (Å²) in [4.78, 5) is 73.3. The van der Waals surface area contributed by atoms with Crippen LogP contribution in [0.25, 0.3) is 21.9 Å². The number of carbonyl (C=O) groups excluding carboxylic acids is 5. The highest BCUT2D eigenvalue weighted by Crippen LogP contribution is 2.57. The quantitative estimate of drug-likeness (QED) is 0.239. The molecule has 0 heterocycles. The van der Waals surface area contributed by atoms with E-state index in [4.69, 9.17) is 17.2 Å². The summed E-state index contributed by atoms with van der Waals surface area (Å²) < 4.78 is 0. The molecule has 0 bridgehead atoms. The molecule has 0 aliphatic heterocycles. The van der Waals surface area contributed by atoms with Gasteiger partial charge in [0.1, 0.15) is 11.7 Å². The molecule has 3 aliphatic rings. The number of rotatable bonds is 9. The van der Waals surface area contributed by atoms with Gasteiger partial charge in [0, 0.05) is 12.1 Å². The maximum Gasteiger partial charge on any atom is 0.235 e. The molecule has 1 amide bonds. The molecular weight excluding hydrogens is 648 g/mol. The molecule has 6 atom stereocenters. The Balaban J connectivity index is 1.54. The van der Waals surface area contributed by atoms with Crippen molar-refractivity contribution in [2.75, 3.05) is 27.2 Å². The molecule has 0 saturated heterocycles. The molecule has 0 spiro atoms. The molecule has 51 heavy (non-hydrogen) atoms.